The quantitative estimate of drug-likeness (QED) is 0.557. The second-order valence-electron chi connectivity index (χ2n) is 4.67. The molecule has 0 unspecified atom stereocenters. The van der Waals surface area contributed by atoms with E-state index in [9.17, 15) is 4.79 Å². The maximum Gasteiger partial charge on any atom is 0.220 e. The summed E-state index contributed by atoms with van der Waals surface area (Å²) >= 11 is 0. The fourth-order valence-electron chi connectivity index (χ4n) is 1.76. The van der Waals surface area contributed by atoms with E-state index in [1.807, 2.05) is 31.2 Å². The average Bonchev–Trinajstić information content (AvgIpc) is 2.44. The Morgan fingerprint density at radius 1 is 1.35 bits per heavy atom. The van der Waals surface area contributed by atoms with Crippen molar-refractivity contribution >= 4 is 5.91 Å². The number of hydrogen-bond acceptors (Lipinski definition) is 3. The third-order valence-electron chi connectivity index (χ3n) is 2.73. The van der Waals surface area contributed by atoms with Crippen molar-refractivity contribution in [3.05, 3.63) is 42.0 Å². The fourth-order valence-corrected chi connectivity index (χ4v) is 1.76. The zero-order valence-electron chi connectivity index (χ0n) is 12.3. The predicted octanol–water partition coefficient (Wildman–Crippen LogP) is 2.34. The molecule has 1 aromatic carbocycles. The zero-order valence-corrected chi connectivity index (χ0v) is 12.3. The SMILES string of the molecule is C=C(C)COCCNC(=O)CCc1ccccc1OC. The maximum absolute atomic E-state index is 11.7. The number of hydrogen-bond donors (Lipinski definition) is 1. The second kappa shape index (κ2) is 9.15. The van der Waals surface area contributed by atoms with Crippen LogP contribution in [0.15, 0.2) is 36.4 Å². The van der Waals surface area contributed by atoms with Crippen LogP contribution in [-0.2, 0) is 16.0 Å². The van der Waals surface area contributed by atoms with Crippen LogP contribution in [0.3, 0.4) is 0 Å². The van der Waals surface area contributed by atoms with Gasteiger partial charge in [-0.3, -0.25) is 4.79 Å². The molecule has 0 atom stereocenters. The van der Waals surface area contributed by atoms with Crippen molar-refractivity contribution in [3.8, 4) is 5.75 Å². The van der Waals surface area contributed by atoms with Gasteiger partial charge in [-0.25, -0.2) is 0 Å². The van der Waals surface area contributed by atoms with E-state index in [4.69, 9.17) is 9.47 Å². The molecular weight excluding hydrogens is 254 g/mol. The molecule has 0 aliphatic heterocycles. The molecule has 1 aromatic rings. The van der Waals surface area contributed by atoms with Crippen LogP contribution < -0.4 is 10.1 Å². The van der Waals surface area contributed by atoms with Crippen LogP contribution in [0.25, 0.3) is 0 Å². The van der Waals surface area contributed by atoms with E-state index in [0.29, 0.717) is 32.6 Å². The summed E-state index contributed by atoms with van der Waals surface area (Å²) < 4.78 is 10.6. The molecular formula is C16H23NO3. The van der Waals surface area contributed by atoms with E-state index >= 15 is 0 Å². The summed E-state index contributed by atoms with van der Waals surface area (Å²) in [4.78, 5) is 11.7. The van der Waals surface area contributed by atoms with Gasteiger partial charge in [0.15, 0.2) is 0 Å². The molecule has 0 aliphatic rings. The molecule has 0 saturated carbocycles. The van der Waals surface area contributed by atoms with Gasteiger partial charge < -0.3 is 14.8 Å². The smallest absolute Gasteiger partial charge is 0.220 e. The maximum atomic E-state index is 11.7. The molecule has 0 aromatic heterocycles. The number of amides is 1. The monoisotopic (exact) mass is 277 g/mol. The molecule has 0 spiro atoms. The lowest BCUT2D eigenvalue weighted by molar-refractivity contribution is -0.121. The standard InChI is InChI=1S/C16H23NO3/c1-13(2)12-20-11-10-17-16(18)9-8-14-6-4-5-7-15(14)19-3/h4-7H,1,8-12H2,2-3H3,(H,17,18). The number of benzene rings is 1. The van der Waals surface area contributed by atoms with E-state index in [1.165, 1.54) is 0 Å². The third-order valence-corrected chi connectivity index (χ3v) is 2.73. The van der Waals surface area contributed by atoms with Crippen LogP contribution in [0.2, 0.25) is 0 Å². The highest BCUT2D eigenvalue weighted by Crippen LogP contribution is 2.18. The average molecular weight is 277 g/mol. The highest BCUT2D eigenvalue weighted by molar-refractivity contribution is 5.76. The minimum absolute atomic E-state index is 0.0230. The summed E-state index contributed by atoms with van der Waals surface area (Å²) in [5, 5.41) is 2.83. The molecule has 110 valence electrons. The third kappa shape index (κ3) is 6.38. The first-order valence-electron chi connectivity index (χ1n) is 6.74. The van der Waals surface area contributed by atoms with Crippen molar-refractivity contribution in [2.24, 2.45) is 0 Å². The summed E-state index contributed by atoms with van der Waals surface area (Å²) in [6.45, 7) is 7.22. The molecule has 0 radical (unpaired) electrons. The number of aryl methyl sites for hydroxylation is 1. The van der Waals surface area contributed by atoms with Crippen molar-refractivity contribution in [1.82, 2.24) is 5.32 Å². The van der Waals surface area contributed by atoms with Gasteiger partial charge in [0, 0.05) is 13.0 Å². The Hall–Kier alpha value is -1.81. The second-order valence-corrected chi connectivity index (χ2v) is 4.67. The van der Waals surface area contributed by atoms with Crippen molar-refractivity contribution in [1.29, 1.82) is 0 Å². The molecule has 0 fully saturated rings. The van der Waals surface area contributed by atoms with Gasteiger partial charge in [-0.05, 0) is 25.0 Å². The van der Waals surface area contributed by atoms with Gasteiger partial charge in [0.25, 0.3) is 0 Å². The topological polar surface area (TPSA) is 47.6 Å². The minimum Gasteiger partial charge on any atom is -0.496 e. The number of ether oxygens (including phenoxy) is 2. The molecule has 0 aliphatic carbocycles. The van der Waals surface area contributed by atoms with Gasteiger partial charge in [0.2, 0.25) is 5.91 Å². The number of nitrogens with one attached hydrogen (secondary N) is 1. The highest BCUT2D eigenvalue weighted by Gasteiger charge is 2.05. The number of rotatable bonds is 9. The molecule has 1 amide bonds. The lowest BCUT2D eigenvalue weighted by Crippen LogP contribution is -2.27. The van der Waals surface area contributed by atoms with Gasteiger partial charge >= 0.3 is 0 Å². The van der Waals surface area contributed by atoms with Crippen LogP contribution in [-0.4, -0.2) is 32.8 Å². The van der Waals surface area contributed by atoms with Crippen LogP contribution in [0, 0.1) is 0 Å². The number of carbonyl (C=O) groups excluding carboxylic acids is 1. The Morgan fingerprint density at radius 2 is 2.10 bits per heavy atom. The minimum atomic E-state index is 0.0230. The first-order valence-corrected chi connectivity index (χ1v) is 6.74. The van der Waals surface area contributed by atoms with Crippen LogP contribution in [0.5, 0.6) is 5.75 Å². The fraction of sp³-hybridized carbons (Fsp3) is 0.438. The Morgan fingerprint density at radius 3 is 2.80 bits per heavy atom. The lowest BCUT2D eigenvalue weighted by Gasteiger charge is -2.09. The molecule has 20 heavy (non-hydrogen) atoms. The van der Waals surface area contributed by atoms with Crippen LogP contribution >= 0.6 is 0 Å². The molecule has 0 heterocycles. The summed E-state index contributed by atoms with van der Waals surface area (Å²) in [6.07, 6.45) is 1.11. The summed E-state index contributed by atoms with van der Waals surface area (Å²) in [5.74, 6) is 0.847. The van der Waals surface area contributed by atoms with E-state index in [-0.39, 0.29) is 5.91 Å². The van der Waals surface area contributed by atoms with Gasteiger partial charge in [0.05, 0.1) is 20.3 Å². The summed E-state index contributed by atoms with van der Waals surface area (Å²) in [7, 11) is 1.64. The van der Waals surface area contributed by atoms with E-state index < -0.39 is 0 Å². The number of methoxy groups -OCH3 is 1. The van der Waals surface area contributed by atoms with E-state index in [2.05, 4.69) is 11.9 Å². The summed E-state index contributed by atoms with van der Waals surface area (Å²) in [5.41, 5.74) is 2.02. The largest absolute Gasteiger partial charge is 0.496 e. The Balaban J connectivity index is 2.21. The van der Waals surface area contributed by atoms with Crippen LogP contribution in [0.1, 0.15) is 18.9 Å². The van der Waals surface area contributed by atoms with Gasteiger partial charge in [-0.2, -0.15) is 0 Å². The van der Waals surface area contributed by atoms with Crippen molar-refractivity contribution in [3.63, 3.8) is 0 Å². The Labute approximate surface area is 120 Å². The molecule has 1 N–H and O–H groups in total. The van der Waals surface area contributed by atoms with Crippen molar-refractivity contribution < 1.29 is 14.3 Å². The lowest BCUT2D eigenvalue weighted by atomic mass is 10.1. The zero-order chi connectivity index (χ0) is 14.8. The van der Waals surface area contributed by atoms with Gasteiger partial charge in [0.1, 0.15) is 5.75 Å². The Kier molecular flexibility index (Phi) is 7.43. The highest BCUT2D eigenvalue weighted by atomic mass is 16.5. The molecule has 0 saturated heterocycles. The number of carbonyl (C=O) groups is 1. The molecule has 1 rings (SSSR count). The normalized spacial score (nSPS) is 10.1. The van der Waals surface area contributed by atoms with E-state index in [1.54, 1.807) is 7.11 Å². The van der Waals surface area contributed by atoms with Gasteiger partial charge in [-0.15, -0.1) is 0 Å². The molecule has 4 heteroatoms. The number of para-hydroxylation sites is 1. The van der Waals surface area contributed by atoms with E-state index in [0.717, 1.165) is 16.9 Å². The van der Waals surface area contributed by atoms with Crippen molar-refractivity contribution in [2.45, 2.75) is 19.8 Å². The Bertz CT molecular complexity index is 443. The van der Waals surface area contributed by atoms with Crippen LogP contribution in [0.4, 0.5) is 0 Å². The molecule has 0 bridgehead atoms. The molecule has 4 nitrogen and oxygen atoms in total. The van der Waals surface area contributed by atoms with Gasteiger partial charge in [-0.1, -0.05) is 30.4 Å². The summed E-state index contributed by atoms with van der Waals surface area (Å²) in [6, 6.07) is 7.74. The first kappa shape index (κ1) is 16.2. The first-order chi connectivity index (χ1) is 9.63. The van der Waals surface area contributed by atoms with Crippen molar-refractivity contribution in [2.75, 3.05) is 26.9 Å². The predicted molar refractivity (Wildman–Crippen MR) is 80.0 cm³/mol.